The van der Waals surface area contributed by atoms with Gasteiger partial charge in [-0.25, -0.2) is 0 Å². The highest BCUT2D eigenvalue weighted by Crippen LogP contribution is 2.24. The number of ether oxygens (including phenoxy) is 1. The van der Waals surface area contributed by atoms with Crippen LogP contribution in [0.1, 0.15) is 56.1 Å². The molecule has 5 nitrogen and oxygen atoms in total. The van der Waals surface area contributed by atoms with Crippen LogP contribution in [0.3, 0.4) is 0 Å². The summed E-state index contributed by atoms with van der Waals surface area (Å²) >= 11 is 0. The summed E-state index contributed by atoms with van der Waals surface area (Å²) in [6.45, 7) is 4.56. The molecule has 148 valence electrons. The van der Waals surface area contributed by atoms with Crippen LogP contribution in [-0.2, 0) is 16.0 Å². The summed E-state index contributed by atoms with van der Waals surface area (Å²) < 4.78 is 5.39. The minimum atomic E-state index is 0.243. The van der Waals surface area contributed by atoms with Crippen molar-refractivity contribution < 1.29 is 14.3 Å². The second kappa shape index (κ2) is 9.25. The van der Waals surface area contributed by atoms with Gasteiger partial charge in [0.2, 0.25) is 11.8 Å². The van der Waals surface area contributed by atoms with Gasteiger partial charge in [0.15, 0.2) is 0 Å². The van der Waals surface area contributed by atoms with E-state index in [0.29, 0.717) is 12.8 Å². The van der Waals surface area contributed by atoms with E-state index in [0.717, 1.165) is 68.6 Å². The molecule has 2 fully saturated rings. The Morgan fingerprint density at radius 2 is 2.07 bits per heavy atom. The topological polar surface area (TPSA) is 49.9 Å². The van der Waals surface area contributed by atoms with Gasteiger partial charge in [-0.2, -0.15) is 0 Å². The Balaban J connectivity index is 1.54. The smallest absolute Gasteiger partial charge is 0.223 e. The van der Waals surface area contributed by atoms with Gasteiger partial charge in [0, 0.05) is 38.5 Å². The summed E-state index contributed by atoms with van der Waals surface area (Å²) in [5, 5.41) is 0. The van der Waals surface area contributed by atoms with Gasteiger partial charge in [0.05, 0.1) is 7.11 Å². The molecule has 1 aromatic carbocycles. The lowest BCUT2D eigenvalue weighted by atomic mass is 9.98. The van der Waals surface area contributed by atoms with E-state index in [1.54, 1.807) is 7.11 Å². The quantitative estimate of drug-likeness (QED) is 0.738. The Morgan fingerprint density at radius 3 is 2.81 bits per heavy atom. The Hall–Kier alpha value is -2.04. The van der Waals surface area contributed by atoms with Crippen LogP contribution in [0.15, 0.2) is 18.2 Å². The molecule has 5 heteroatoms. The van der Waals surface area contributed by atoms with Crippen LogP contribution in [-0.4, -0.2) is 54.4 Å². The number of rotatable bonds is 7. The first-order valence-electron chi connectivity index (χ1n) is 10.3. The van der Waals surface area contributed by atoms with Crippen LogP contribution in [0.4, 0.5) is 0 Å². The number of aryl methyl sites for hydroxylation is 2. The van der Waals surface area contributed by atoms with E-state index in [1.807, 2.05) is 17.9 Å². The summed E-state index contributed by atoms with van der Waals surface area (Å²) in [7, 11) is 1.68. The standard InChI is InChI=1S/C22H32N2O3/c1-17-8-9-18(16-20(17)27-2)10-11-22(26)24-14-4-3-6-19(24)12-15-23-13-5-7-21(23)25/h8-9,16,19H,3-7,10-15H2,1-2H3/t19-/m1/s1. The fraction of sp³-hybridized carbons (Fsp3) is 0.636. The summed E-state index contributed by atoms with van der Waals surface area (Å²) in [6.07, 6.45) is 7.18. The molecule has 3 rings (SSSR count). The number of hydrogen-bond acceptors (Lipinski definition) is 3. The number of amides is 2. The number of nitrogens with zero attached hydrogens (tertiary/aromatic N) is 2. The van der Waals surface area contributed by atoms with Crippen molar-refractivity contribution in [2.45, 2.75) is 64.3 Å². The summed E-state index contributed by atoms with van der Waals surface area (Å²) in [6, 6.07) is 6.45. The molecule has 0 bridgehead atoms. The zero-order chi connectivity index (χ0) is 19.2. The second-order valence-corrected chi connectivity index (χ2v) is 7.81. The van der Waals surface area contributed by atoms with E-state index < -0.39 is 0 Å². The van der Waals surface area contributed by atoms with E-state index in [9.17, 15) is 9.59 Å². The van der Waals surface area contributed by atoms with E-state index >= 15 is 0 Å². The Labute approximate surface area is 162 Å². The number of likely N-dealkylation sites (tertiary alicyclic amines) is 2. The first kappa shape index (κ1) is 19.7. The molecule has 1 aromatic rings. The van der Waals surface area contributed by atoms with E-state index in [1.165, 1.54) is 6.42 Å². The van der Waals surface area contributed by atoms with Gasteiger partial charge in [-0.1, -0.05) is 12.1 Å². The number of methoxy groups -OCH3 is 1. The maximum atomic E-state index is 12.9. The predicted molar refractivity (Wildman–Crippen MR) is 106 cm³/mol. The lowest BCUT2D eigenvalue weighted by Crippen LogP contribution is -2.45. The molecular weight excluding hydrogens is 340 g/mol. The Kier molecular flexibility index (Phi) is 6.75. The molecular formula is C22H32N2O3. The van der Waals surface area contributed by atoms with Gasteiger partial charge < -0.3 is 14.5 Å². The molecule has 27 heavy (non-hydrogen) atoms. The van der Waals surface area contributed by atoms with E-state index in [2.05, 4.69) is 17.0 Å². The third kappa shape index (κ3) is 5.02. The monoisotopic (exact) mass is 372 g/mol. The van der Waals surface area contributed by atoms with Crippen molar-refractivity contribution in [3.05, 3.63) is 29.3 Å². The number of piperidine rings is 1. The molecule has 0 aromatic heterocycles. The number of carbonyl (C=O) groups excluding carboxylic acids is 2. The molecule has 2 saturated heterocycles. The maximum absolute atomic E-state index is 12.9. The van der Waals surface area contributed by atoms with Crippen LogP contribution < -0.4 is 4.74 Å². The maximum Gasteiger partial charge on any atom is 0.223 e. The van der Waals surface area contributed by atoms with Crippen molar-refractivity contribution in [2.75, 3.05) is 26.7 Å². The fourth-order valence-electron chi connectivity index (χ4n) is 4.29. The number of carbonyl (C=O) groups is 2. The summed E-state index contributed by atoms with van der Waals surface area (Å²) in [4.78, 5) is 28.8. The number of hydrogen-bond donors (Lipinski definition) is 0. The molecule has 2 amide bonds. The SMILES string of the molecule is COc1cc(CCC(=O)N2CCCC[C@@H]2CCN2CCCC2=O)ccc1C. The van der Waals surface area contributed by atoms with Crippen LogP contribution in [0.2, 0.25) is 0 Å². The summed E-state index contributed by atoms with van der Waals surface area (Å²) in [5.74, 6) is 1.40. The first-order valence-corrected chi connectivity index (χ1v) is 10.3. The highest BCUT2D eigenvalue weighted by molar-refractivity contribution is 5.78. The molecule has 0 spiro atoms. The predicted octanol–water partition coefficient (Wildman–Crippen LogP) is 3.33. The normalized spacial score (nSPS) is 20.2. The van der Waals surface area contributed by atoms with Gasteiger partial charge in [-0.3, -0.25) is 9.59 Å². The average molecular weight is 373 g/mol. The molecule has 0 radical (unpaired) electrons. The summed E-state index contributed by atoms with van der Waals surface area (Å²) in [5.41, 5.74) is 2.25. The molecule has 1 atom stereocenters. The zero-order valence-corrected chi connectivity index (χ0v) is 16.7. The molecule has 0 unspecified atom stereocenters. The molecule has 0 saturated carbocycles. The third-order valence-corrected chi connectivity index (χ3v) is 5.95. The largest absolute Gasteiger partial charge is 0.496 e. The fourth-order valence-corrected chi connectivity index (χ4v) is 4.29. The van der Waals surface area contributed by atoms with Gasteiger partial charge in [-0.05, 0) is 62.6 Å². The molecule has 2 aliphatic rings. The zero-order valence-electron chi connectivity index (χ0n) is 16.7. The Morgan fingerprint density at radius 1 is 1.22 bits per heavy atom. The van der Waals surface area contributed by atoms with Crippen molar-refractivity contribution in [2.24, 2.45) is 0 Å². The van der Waals surface area contributed by atoms with Crippen molar-refractivity contribution in [3.63, 3.8) is 0 Å². The van der Waals surface area contributed by atoms with Gasteiger partial charge >= 0.3 is 0 Å². The highest BCUT2D eigenvalue weighted by atomic mass is 16.5. The molecule has 2 aliphatic heterocycles. The van der Waals surface area contributed by atoms with Crippen molar-refractivity contribution >= 4 is 11.8 Å². The van der Waals surface area contributed by atoms with Gasteiger partial charge in [0.1, 0.15) is 5.75 Å². The van der Waals surface area contributed by atoms with Gasteiger partial charge in [-0.15, -0.1) is 0 Å². The van der Waals surface area contributed by atoms with Crippen molar-refractivity contribution in [1.82, 2.24) is 9.80 Å². The van der Waals surface area contributed by atoms with Crippen LogP contribution >= 0.6 is 0 Å². The minimum Gasteiger partial charge on any atom is -0.496 e. The van der Waals surface area contributed by atoms with Crippen LogP contribution in [0.25, 0.3) is 0 Å². The second-order valence-electron chi connectivity index (χ2n) is 7.81. The van der Waals surface area contributed by atoms with E-state index in [4.69, 9.17) is 4.74 Å². The van der Waals surface area contributed by atoms with Crippen LogP contribution in [0.5, 0.6) is 5.75 Å². The van der Waals surface area contributed by atoms with Gasteiger partial charge in [0.25, 0.3) is 0 Å². The minimum absolute atomic E-state index is 0.243. The average Bonchev–Trinajstić information content (AvgIpc) is 3.10. The van der Waals surface area contributed by atoms with Crippen LogP contribution in [0, 0.1) is 6.92 Å². The van der Waals surface area contributed by atoms with E-state index in [-0.39, 0.29) is 17.9 Å². The van der Waals surface area contributed by atoms with Crippen molar-refractivity contribution in [3.8, 4) is 5.75 Å². The first-order chi connectivity index (χ1) is 13.1. The molecule has 2 heterocycles. The highest BCUT2D eigenvalue weighted by Gasteiger charge is 2.28. The third-order valence-electron chi connectivity index (χ3n) is 5.95. The van der Waals surface area contributed by atoms with Crippen molar-refractivity contribution in [1.29, 1.82) is 0 Å². The lowest BCUT2D eigenvalue weighted by Gasteiger charge is -2.37. The molecule has 0 N–H and O–H groups in total. The lowest BCUT2D eigenvalue weighted by molar-refractivity contribution is -0.135. The molecule has 0 aliphatic carbocycles. The Bertz CT molecular complexity index is 674. The number of benzene rings is 1.